The molecule has 4 heterocycles. The molecule has 0 atom stereocenters. The van der Waals surface area contributed by atoms with Gasteiger partial charge in [0.2, 0.25) is 0 Å². The minimum absolute atomic E-state index is 0.852. The predicted octanol–water partition coefficient (Wildman–Crippen LogP) is 1.76. The van der Waals surface area contributed by atoms with Crippen molar-refractivity contribution in [1.82, 2.24) is 24.6 Å². The molecule has 0 aromatic carbocycles. The second kappa shape index (κ2) is 6.00. The van der Waals surface area contributed by atoms with Gasteiger partial charge in [0.15, 0.2) is 0 Å². The third kappa shape index (κ3) is 2.68. The molecule has 0 radical (unpaired) electrons. The summed E-state index contributed by atoms with van der Waals surface area (Å²) in [5.41, 5.74) is 0.897. The highest BCUT2D eigenvalue weighted by Crippen LogP contribution is 2.26. The molecule has 23 heavy (non-hydrogen) atoms. The maximum Gasteiger partial charge on any atom is 0.140 e. The van der Waals surface area contributed by atoms with Gasteiger partial charge in [0.25, 0.3) is 0 Å². The maximum atomic E-state index is 5.47. The van der Waals surface area contributed by atoms with Crippen LogP contribution in [0.1, 0.15) is 12.7 Å². The molecule has 3 aromatic rings. The van der Waals surface area contributed by atoms with Gasteiger partial charge in [0.1, 0.15) is 23.6 Å². The van der Waals surface area contributed by atoms with Crippen LogP contribution >= 0.6 is 0 Å². The molecule has 1 aliphatic rings. The van der Waals surface area contributed by atoms with Gasteiger partial charge in [0.05, 0.1) is 18.2 Å². The fourth-order valence-electron chi connectivity index (χ4n) is 3.12. The molecule has 0 unspecified atom stereocenters. The van der Waals surface area contributed by atoms with E-state index in [1.54, 1.807) is 12.6 Å². The third-order valence-corrected chi connectivity index (χ3v) is 4.39. The molecule has 7 nitrogen and oxygen atoms in total. The molecule has 1 fully saturated rings. The monoisotopic (exact) mass is 312 g/mol. The highest BCUT2D eigenvalue weighted by atomic mass is 16.3. The van der Waals surface area contributed by atoms with Crippen LogP contribution in [0.2, 0.25) is 0 Å². The molecule has 0 amide bonds. The highest BCUT2D eigenvalue weighted by Gasteiger charge is 2.21. The van der Waals surface area contributed by atoms with E-state index in [9.17, 15) is 0 Å². The number of hydrogen-bond acceptors (Lipinski definition) is 6. The number of pyridine rings is 1. The van der Waals surface area contributed by atoms with Gasteiger partial charge in [-0.3, -0.25) is 4.90 Å². The summed E-state index contributed by atoms with van der Waals surface area (Å²) in [5.74, 6) is 2.06. The van der Waals surface area contributed by atoms with E-state index in [1.165, 1.54) is 0 Å². The Balaban J connectivity index is 1.44. The van der Waals surface area contributed by atoms with E-state index in [0.29, 0.717) is 0 Å². The number of rotatable bonds is 4. The lowest BCUT2D eigenvalue weighted by molar-refractivity contribution is 0.239. The first-order valence-corrected chi connectivity index (χ1v) is 8.01. The molecule has 1 saturated heterocycles. The van der Waals surface area contributed by atoms with Crippen LogP contribution in [0.15, 0.2) is 35.3 Å². The second-order valence-corrected chi connectivity index (χ2v) is 5.72. The zero-order chi connectivity index (χ0) is 15.6. The number of hydrogen-bond donors (Lipinski definition) is 0. The maximum absolute atomic E-state index is 5.47. The van der Waals surface area contributed by atoms with E-state index in [4.69, 9.17) is 4.42 Å². The summed E-state index contributed by atoms with van der Waals surface area (Å²) in [5, 5.41) is 5.33. The lowest BCUT2D eigenvalue weighted by Gasteiger charge is -2.35. The normalized spacial score (nSPS) is 16.3. The number of piperazine rings is 1. The zero-order valence-corrected chi connectivity index (χ0v) is 13.2. The molecule has 3 aromatic heterocycles. The van der Waals surface area contributed by atoms with E-state index < -0.39 is 0 Å². The molecule has 4 rings (SSSR count). The van der Waals surface area contributed by atoms with Gasteiger partial charge >= 0.3 is 0 Å². The number of nitrogens with zero attached hydrogens (tertiary/aromatic N) is 6. The topological polar surface area (TPSA) is 63.2 Å². The Morgan fingerprint density at radius 3 is 2.83 bits per heavy atom. The van der Waals surface area contributed by atoms with Crippen LogP contribution in [0.4, 0.5) is 5.82 Å². The molecule has 120 valence electrons. The average Bonchev–Trinajstić information content (AvgIpc) is 3.24. The summed E-state index contributed by atoms with van der Waals surface area (Å²) < 4.78 is 7.43. The van der Waals surface area contributed by atoms with Crippen molar-refractivity contribution in [2.45, 2.75) is 20.0 Å². The minimum atomic E-state index is 0.852. The van der Waals surface area contributed by atoms with Gasteiger partial charge in [-0.2, -0.15) is 5.10 Å². The van der Waals surface area contributed by atoms with Crippen molar-refractivity contribution in [3.05, 3.63) is 36.7 Å². The summed E-state index contributed by atoms with van der Waals surface area (Å²) in [4.78, 5) is 13.7. The lowest BCUT2D eigenvalue weighted by atomic mass is 10.2. The fourth-order valence-corrected chi connectivity index (χ4v) is 3.12. The van der Waals surface area contributed by atoms with Crippen molar-refractivity contribution in [2.75, 3.05) is 31.1 Å². The van der Waals surface area contributed by atoms with Crippen molar-refractivity contribution < 1.29 is 4.42 Å². The van der Waals surface area contributed by atoms with Crippen molar-refractivity contribution in [2.24, 2.45) is 0 Å². The van der Waals surface area contributed by atoms with E-state index in [-0.39, 0.29) is 0 Å². The predicted molar refractivity (Wildman–Crippen MR) is 87.2 cm³/mol. The Morgan fingerprint density at radius 2 is 2.00 bits per heavy atom. The molecule has 0 saturated carbocycles. The van der Waals surface area contributed by atoms with E-state index in [2.05, 4.69) is 31.8 Å². The lowest BCUT2D eigenvalue weighted by Crippen LogP contribution is -2.46. The molecule has 0 bridgehead atoms. The standard InChI is InChI=1S/C16H20N6O/c1-2-22-15(18-12-19-22)11-20-6-8-21(9-7-20)16-13-4-10-23-14(13)3-5-17-16/h3-5,10,12H,2,6-9,11H2,1H3. The van der Waals surface area contributed by atoms with Crippen LogP contribution in [0, 0.1) is 0 Å². The fraction of sp³-hybridized carbons (Fsp3) is 0.438. The van der Waals surface area contributed by atoms with Crippen LogP contribution < -0.4 is 4.90 Å². The molecular weight excluding hydrogens is 292 g/mol. The van der Waals surface area contributed by atoms with Crippen LogP contribution in [0.25, 0.3) is 11.0 Å². The molecular formula is C16H20N6O. The van der Waals surface area contributed by atoms with Crippen molar-refractivity contribution in [1.29, 1.82) is 0 Å². The van der Waals surface area contributed by atoms with Crippen LogP contribution in [-0.4, -0.2) is 50.8 Å². The van der Waals surface area contributed by atoms with Gasteiger partial charge in [-0.25, -0.2) is 14.6 Å². The summed E-state index contributed by atoms with van der Waals surface area (Å²) in [6.45, 7) is 7.70. The van der Waals surface area contributed by atoms with Gasteiger partial charge < -0.3 is 9.32 Å². The number of furan rings is 1. The number of aromatic nitrogens is 4. The van der Waals surface area contributed by atoms with Crippen LogP contribution in [-0.2, 0) is 13.1 Å². The summed E-state index contributed by atoms with van der Waals surface area (Å²) in [6, 6.07) is 3.90. The largest absolute Gasteiger partial charge is 0.464 e. The van der Waals surface area contributed by atoms with Crippen LogP contribution in [0.5, 0.6) is 0 Å². The number of anilines is 1. The molecule has 0 aliphatic carbocycles. The quantitative estimate of drug-likeness (QED) is 0.731. The van der Waals surface area contributed by atoms with Crippen molar-refractivity contribution in [3.8, 4) is 0 Å². The minimum Gasteiger partial charge on any atom is -0.464 e. The summed E-state index contributed by atoms with van der Waals surface area (Å²) in [6.07, 6.45) is 5.18. The highest BCUT2D eigenvalue weighted by molar-refractivity contribution is 5.88. The van der Waals surface area contributed by atoms with E-state index >= 15 is 0 Å². The molecule has 0 N–H and O–H groups in total. The number of fused-ring (bicyclic) bond motifs is 1. The first-order valence-electron chi connectivity index (χ1n) is 8.01. The second-order valence-electron chi connectivity index (χ2n) is 5.72. The number of aryl methyl sites for hydroxylation is 1. The first-order chi connectivity index (χ1) is 11.3. The van der Waals surface area contributed by atoms with Crippen LogP contribution in [0.3, 0.4) is 0 Å². The Morgan fingerprint density at radius 1 is 1.13 bits per heavy atom. The summed E-state index contributed by atoms with van der Waals surface area (Å²) >= 11 is 0. The average molecular weight is 312 g/mol. The molecule has 7 heteroatoms. The summed E-state index contributed by atoms with van der Waals surface area (Å²) in [7, 11) is 0. The Kier molecular flexibility index (Phi) is 3.70. The smallest absolute Gasteiger partial charge is 0.140 e. The molecule has 0 spiro atoms. The Bertz CT molecular complexity index is 787. The van der Waals surface area contributed by atoms with E-state index in [1.807, 2.05) is 23.0 Å². The molecule has 1 aliphatic heterocycles. The Hall–Kier alpha value is -2.41. The third-order valence-electron chi connectivity index (χ3n) is 4.39. The first kappa shape index (κ1) is 14.2. The van der Waals surface area contributed by atoms with Gasteiger partial charge in [-0.15, -0.1) is 0 Å². The van der Waals surface area contributed by atoms with Crippen molar-refractivity contribution in [3.63, 3.8) is 0 Å². The Labute approximate surface area is 134 Å². The van der Waals surface area contributed by atoms with Gasteiger partial charge in [-0.1, -0.05) is 0 Å². The van der Waals surface area contributed by atoms with E-state index in [0.717, 1.165) is 61.9 Å². The van der Waals surface area contributed by atoms with Crippen molar-refractivity contribution >= 4 is 16.8 Å². The zero-order valence-electron chi connectivity index (χ0n) is 13.2. The SMILES string of the molecule is CCn1ncnc1CN1CCN(c2nccc3occc23)CC1. The van der Waals surface area contributed by atoms with Gasteiger partial charge in [0, 0.05) is 38.9 Å². The van der Waals surface area contributed by atoms with Gasteiger partial charge in [-0.05, 0) is 19.1 Å².